The molecule has 0 spiro atoms. The molecule has 2 heterocycles. The van der Waals surface area contributed by atoms with Crippen LogP contribution in [0.15, 0.2) is 65.0 Å². The third-order valence-corrected chi connectivity index (χ3v) is 6.19. The van der Waals surface area contributed by atoms with Crippen LogP contribution in [0.3, 0.4) is 0 Å². The molecule has 0 saturated carbocycles. The van der Waals surface area contributed by atoms with E-state index in [1.165, 1.54) is 28.7 Å². The van der Waals surface area contributed by atoms with Crippen LogP contribution < -0.4 is 4.74 Å². The Morgan fingerprint density at radius 1 is 1.21 bits per heavy atom. The molecule has 4 rings (SSSR count). The molecule has 140 valence electrons. The van der Waals surface area contributed by atoms with Crippen LogP contribution in [-0.4, -0.2) is 15.8 Å². The van der Waals surface area contributed by atoms with E-state index in [9.17, 15) is 4.79 Å². The van der Waals surface area contributed by atoms with E-state index in [0.717, 1.165) is 16.9 Å². The van der Waals surface area contributed by atoms with Gasteiger partial charge in [-0.3, -0.25) is 10.2 Å². The molecule has 1 saturated heterocycles. The lowest BCUT2D eigenvalue weighted by Gasteiger charge is -2.07. The normalized spacial score (nSPS) is 18.0. The number of aromatic nitrogens is 1. The minimum absolute atomic E-state index is 0.0512. The van der Waals surface area contributed by atoms with E-state index in [4.69, 9.17) is 10.1 Å². The van der Waals surface area contributed by atoms with Crippen molar-refractivity contribution in [1.82, 2.24) is 4.98 Å². The molecular formula is C22H18N2O2S2. The van der Waals surface area contributed by atoms with E-state index in [-0.39, 0.29) is 5.78 Å². The summed E-state index contributed by atoms with van der Waals surface area (Å²) < 4.78 is 5.84. The van der Waals surface area contributed by atoms with E-state index >= 15 is 0 Å². The number of hydrogen-bond donors (Lipinski definition) is 1. The molecule has 0 bridgehead atoms. The van der Waals surface area contributed by atoms with Crippen molar-refractivity contribution in [3.8, 4) is 5.75 Å². The Balaban J connectivity index is 1.44. The molecule has 1 aliphatic rings. The van der Waals surface area contributed by atoms with E-state index in [1.54, 1.807) is 6.20 Å². The highest BCUT2D eigenvalue weighted by Crippen LogP contribution is 2.41. The van der Waals surface area contributed by atoms with Crippen LogP contribution in [0, 0.1) is 12.3 Å². The van der Waals surface area contributed by atoms with Crippen molar-refractivity contribution in [3.05, 3.63) is 86.7 Å². The van der Waals surface area contributed by atoms with Crippen LogP contribution in [0.1, 0.15) is 27.6 Å². The van der Waals surface area contributed by atoms with E-state index in [1.807, 2.05) is 47.9 Å². The van der Waals surface area contributed by atoms with Gasteiger partial charge in [0.05, 0.1) is 9.95 Å². The van der Waals surface area contributed by atoms with Gasteiger partial charge in [0.25, 0.3) is 0 Å². The molecule has 1 aliphatic heterocycles. The highest BCUT2D eigenvalue weighted by atomic mass is 32.2. The smallest absolute Gasteiger partial charge is 0.186 e. The first kappa shape index (κ1) is 18.7. The zero-order valence-corrected chi connectivity index (χ0v) is 16.8. The Kier molecular flexibility index (Phi) is 5.41. The fourth-order valence-electron chi connectivity index (χ4n) is 2.97. The molecule has 1 atom stereocenters. The van der Waals surface area contributed by atoms with Gasteiger partial charge in [-0.15, -0.1) is 11.3 Å². The maximum Gasteiger partial charge on any atom is 0.186 e. The standard InChI is InChI=1S/C22H18N2O2S2/c1-14-3-2-4-16(11-14)13-26-17-7-5-15(6-8-17)12-18-20(25)19(21(23)28-18)22-24-9-10-27-22/h2-12,19,23H,13H2,1H3/b18-12-,23-21?/t19-/m0/s1. The third kappa shape index (κ3) is 4.08. The number of aryl methyl sites for hydroxylation is 1. The number of hydrogen-bond acceptors (Lipinski definition) is 6. The molecule has 4 nitrogen and oxygen atoms in total. The second-order valence-corrected chi connectivity index (χ2v) is 8.50. The minimum Gasteiger partial charge on any atom is -0.489 e. The summed E-state index contributed by atoms with van der Waals surface area (Å²) in [5.74, 6) is 0.181. The zero-order chi connectivity index (χ0) is 19.5. The van der Waals surface area contributed by atoms with Gasteiger partial charge in [-0.1, -0.05) is 53.7 Å². The van der Waals surface area contributed by atoms with Gasteiger partial charge >= 0.3 is 0 Å². The number of ketones is 1. The number of carbonyl (C=O) groups is 1. The van der Waals surface area contributed by atoms with E-state index in [2.05, 4.69) is 24.0 Å². The summed E-state index contributed by atoms with van der Waals surface area (Å²) in [5, 5.41) is 11.0. The van der Waals surface area contributed by atoms with Gasteiger partial charge in [0.15, 0.2) is 5.78 Å². The lowest BCUT2D eigenvalue weighted by atomic mass is 10.1. The zero-order valence-electron chi connectivity index (χ0n) is 15.2. The van der Waals surface area contributed by atoms with Crippen molar-refractivity contribution in [2.75, 3.05) is 0 Å². The van der Waals surface area contributed by atoms with Crippen molar-refractivity contribution < 1.29 is 9.53 Å². The minimum atomic E-state index is -0.548. The number of ether oxygens (including phenoxy) is 1. The number of thioether (sulfide) groups is 1. The lowest BCUT2D eigenvalue weighted by Crippen LogP contribution is -2.11. The molecular weight excluding hydrogens is 388 g/mol. The van der Waals surface area contributed by atoms with Gasteiger partial charge in [-0.2, -0.15) is 0 Å². The first-order chi connectivity index (χ1) is 13.6. The average molecular weight is 407 g/mol. The monoisotopic (exact) mass is 406 g/mol. The fraction of sp³-hybridized carbons (Fsp3) is 0.136. The summed E-state index contributed by atoms with van der Waals surface area (Å²) in [6.07, 6.45) is 3.50. The molecule has 6 heteroatoms. The first-order valence-electron chi connectivity index (χ1n) is 8.80. The molecule has 0 aliphatic carbocycles. The molecule has 2 aromatic carbocycles. The van der Waals surface area contributed by atoms with Crippen molar-refractivity contribution in [2.24, 2.45) is 0 Å². The Labute approximate surface area is 171 Å². The third-order valence-electron chi connectivity index (χ3n) is 4.35. The van der Waals surface area contributed by atoms with E-state index < -0.39 is 5.92 Å². The van der Waals surface area contributed by atoms with Crippen LogP contribution >= 0.6 is 23.1 Å². The highest BCUT2D eigenvalue weighted by molar-refractivity contribution is 8.19. The second kappa shape index (κ2) is 8.12. The Morgan fingerprint density at radius 2 is 2.04 bits per heavy atom. The number of nitrogens with zero attached hydrogens (tertiary/aromatic N) is 1. The van der Waals surface area contributed by atoms with E-state index in [0.29, 0.717) is 21.6 Å². The quantitative estimate of drug-likeness (QED) is 0.573. The summed E-state index contributed by atoms with van der Waals surface area (Å²) in [4.78, 5) is 17.5. The summed E-state index contributed by atoms with van der Waals surface area (Å²) in [5.41, 5.74) is 3.25. The number of nitrogens with one attached hydrogen (secondary N) is 1. The van der Waals surface area contributed by atoms with Crippen molar-refractivity contribution in [3.63, 3.8) is 0 Å². The molecule has 0 unspecified atom stereocenters. The number of thiazole rings is 1. The lowest BCUT2D eigenvalue weighted by molar-refractivity contribution is -0.114. The van der Waals surface area contributed by atoms with Crippen molar-refractivity contribution >= 4 is 40.0 Å². The predicted molar refractivity (Wildman–Crippen MR) is 115 cm³/mol. The van der Waals surface area contributed by atoms with Gasteiger partial charge in [-0.05, 0) is 36.3 Å². The van der Waals surface area contributed by atoms with Gasteiger partial charge in [0, 0.05) is 11.6 Å². The molecule has 0 amide bonds. The maximum atomic E-state index is 12.7. The molecule has 1 aromatic heterocycles. The topological polar surface area (TPSA) is 63.0 Å². The number of allylic oxidation sites excluding steroid dienone is 1. The Morgan fingerprint density at radius 3 is 2.75 bits per heavy atom. The Hall–Kier alpha value is -2.70. The van der Waals surface area contributed by atoms with Gasteiger partial charge in [0.1, 0.15) is 23.3 Å². The van der Waals surface area contributed by atoms with Crippen LogP contribution in [0.4, 0.5) is 0 Å². The van der Waals surface area contributed by atoms with Crippen LogP contribution in [-0.2, 0) is 11.4 Å². The van der Waals surface area contributed by atoms with Crippen LogP contribution in [0.5, 0.6) is 5.75 Å². The van der Waals surface area contributed by atoms with Gasteiger partial charge < -0.3 is 4.74 Å². The molecule has 28 heavy (non-hydrogen) atoms. The largest absolute Gasteiger partial charge is 0.489 e. The fourth-order valence-corrected chi connectivity index (χ4v) is 4.78. The SMILES string of the molecule is Cc1cccc(COc2ccc(/C=C3\SC(=N)[C@@H](c4nccs4)C3=O)cc2)c1. The number of Topliss-reactive ketones (excluding diaryl/α,β-unsaturated/α-hetero) is 1. The molecule has 3 aromatic rings. The predicted octanol–water partition coefficient (Wildman–Crippen LogP) is 5.45. The first-order valence-corrected chi connectivity index (χ1v) is 10.5. The van der Waals surface area contributed by atoms with Gasteiger partial charge in [-0.25, -0.2) is 4.98 Å². The highest BCUT2D eigenvalue weighted by Gasteiger charge is 2.38. The van der Waals surface area contributed by atoms with Crippen molar-refractivity contribution in [2.45, 2.75) is 19.4 Å². The summed E-state index contributed by atoms with van der Waals surface area (Å²) in [6, 6.07) is 15.9. The molecule has 1 N–H and O–H groups in total. The summed E-state index contributed by atoms with van der Waals surface area (Å²) >= 11 is 2.63. The maximum absolute atomic E-state index is 12.7. The molecule has 0 radical (unpaired) electrons. The van der Waals surface area contributed by atoms with Crippen molar-refractivity contribution in [1.29, 1.82) is 5.41 Å². The summed E-state index contributed by atoms with van der Waals surface area (Å²) in [7, 11) is 0. The number of benzene rings is 2. The average Bonchev–Trinajstić information content (AvgIpc) is 3.29. The van der Waals surface area contributed by atoms with Gasteiger partial charge in [0.2, 0.25) is 0 Å². The summed E-state index contributed by atoms with van der Waals surface area (Å²) in [6.45, 7) is 2.58. The molecule has 1 fully saturated rings. The van der Waals surface area contributed by atoms with Crippen LogP contribution in [0.25, 0.3) is 6.08 Å². The Bertz CT molecular complexity index is 1040. The number of rotatable bonds is 5. The number of carbonyl (C=O) groups excluding carboxylic acids is 1. The van der Waals surface area contributed by atoms with Crippen LogP contribution in [0.2, 0.25) is 0 Å². The second-order valence-electron chi connectivity index (χ2n) is 6.49.